The van der Waals surface area contributed by atoms with E-state index in [2.05, 4.69) is 5.32 Å². The number of nitrogens with zero attached hydrogens (tertiary/aromatic N) is 1. The summed E-state index contributed by atoms with van der Waals surface area (Å²) in [6.45, 7) is 2.70. The third-order valence-corrected chi connectivity index (χ3v) is 3.73. The van der Waals surface area contributed by atoms with Crippen LogP contribution in [0.3, 0.4) is 0 Å². The van der Waals surface area contributed by atoms with Gasteiger partial charge in [0.25, 0.3) is 0 Å². The van der Waals surface area contributed by atoms with Crippen LogP contribution in [0.15, 0.2) is 18.2 Å². The Hall–Kier alpha value is -1.53. The van der Waals surface area contributed by atoms with Gasteiger partial charge in [-0.15, -0.1) is 0 Å². The largest absolute Gasteiger partial charge is 0.355 e. The Balaban J connectivity index is 1.93. The van der Waals surface area contributed by atoms with E-state index in [4.69, 9.17) is 5.73 Å². The Morgan fingerprint density at radius 1 is 1.43 bits per heavy atom. The number of hydrogen-bond acceptors (Lipinski definition) is 3. The zero-order chi connectivity index (χ0) is 15.2. The van der Waals surface area contributed by atoms with Crippen molar-refractivity contribution in [3.63, 3.8) is 0 Å². The lowest BCUT2D eigenvalue weighted by molar-refractivity contribution is -0.126. The number of amides is 1. The molecule has 0 spiro atoms. The summed E-state index contributed by atoms with van der Waals surface area (Å²) in [4.78, 5) is 14.0. The van der Waals surface area contributed by atoms with E-state index in [0.29, 0.717) is 31.7 Å². The molecule has 1 atom stereocenters. The maximum atomic E-state index is 13.7. The first-order valence-electron chi connectivity index (χ1n) is 7.24. The van der Waals surface area contributed by atoms with Gasteiger partial charge in [0.15, 0.2) is 0 Å². The first-order chi connectivity index (χ1) is 10.1. The van der Waals surface area contributed by atoms with Crippen molar-refractivity contribution >= 4 is 5.91 Å². The van der Waals surface area contributed by atoms with E-state index in [1.165, 1.54) is 12.1 Å². The van der Waals surface area contributed by atoms with E-state index in [1.807, 2.05) is 4.90 Å². The van der Waals surface area contributed by atoms with Crippen LogP contribution in [-0.2, 0) is 11.3 Å². The van der Waals surface area contributed by atoms with Gasteiger partial charge in [0.05, 0.1) is 5.92 Å². The van der Waals surface area contributed by atoms with Crippen LogP contribution in [0.25, 0.3) is 0 Å². The molecule has 1 fully saturated rings. The van der Waals surface area contributed by atoms with E-state index in [-0.39, 0.29) is 11.8 Å². The van der Waals surface area contributed by atoms with Gasteiger partial charge in [-0.05, 0) is 25.5 Å². The molecule has 1 unspecified atom stereocenters. The maximum absolute atomic E-state index is 13.7. The summed E-state index contributed by atoms with van der Waals surface area (Å²) in [7, 11) is 0. The number of nitrogens with one attached hydrogen (secondary N) is 1. The van der Waals surface area contributed by atoms with Gasteiger partial charge in [0.1, 0.15) is 11.6 Å². The van der Waals surface area contributed by atoms with E-state index in [0.717, 1.165) is 25.5 Å². The highest BCUT2D eigenvalue weighted by molar-refractivity contribution is 5.78. The highest BCUT2D eigenvalue weighted by Crippen LogP contribution is 2.20. The van der Waals surface area contributed by atoms with E-state index >= 15 is 0 Å². The number of rotatable bonds is 5. The van der Waals surface area contributed by atoms with E-state index in [9.17, 15) is 13.6 Å². The molecule has 1 aliphatic rings. The van der Waals surface area contributed by atoms with Crippen molar-refractivity contribution in [2.24, 2.45) is 11.7 Å². The van der Waals surface area contributed by atoms with Gasteiger partial charge in [0.2, 0.25) is 5.91 Å². The van der Waals surface area contributed by atoms with Crippen LogP contribution in [0.4, 0.5) is 8.78 Å². The number of carbonyl (C=O) groups is 1. The smallest absolute Gasteiger partial charge is 0.224 e. The molecule has 0 aliphatic carbocycles. The van der Waals surface area contributed by atoms with Crippen molar-refractivity contribution in [3.05, 3.63) is 35.4 Å². The number of hydrogen-bond donors (Lipinski definition) is 2. The molecule has 1 saturated heterocycles. The molecule has 0 saturated carbocycles. The standard InChI is InChI=1S/C15H21F2N3O/c16-13-4-3-11(14(17)8-13)9-20-7-1-2-12(10-20)15(21)19-6-5-18/h3-4,8,12H,1-2,5-7,9-10,18H2,(H,19,21). The minimum atomic E-state index is -0.575. The zero-order valence-corrected chi connectivity index (χ0v) is 11.9. The van der Waals surface area contributed by atoms with Gasteiger partial charge < -0.3 is 11.1 Å². The second kappa shape index (κ2) is 7.47. The SMILES string of the molecule is NCCNC(=O)C1CCCN(Cc2ccc(F)cc2F)C1. The van der Waals surface area contributed by atoms with E-state index in [1.54, 1.807) is 0 Å². The average molecular weight is 297 g/mol. The summed E-state index contributed by atoms with van der Waals surface area (Å²) in [6, 6.07) is 3.61. The Morgan fingerprint density at radius 3 is 2.95 bits per heavy atom. The van der Waals surface area contributed by atoms with Crippen molar-refractivity contribution in [1.29, 1.82) is 0 Å². The Bertz CT molecular complexity index is 496. The summed E-state index contributed by atoms with van der Waals surface area (Å²) in [5, 5.41) is 2.79. The molecule has 21 heavy (non-hydrogen) atoms. The van der Waals surface area contributed by atoms with Crippen LogP contribution >= 0.6 is 0 Å². The fourth-order valence-electron chi connectivity index (χ4n) is 2.64. The zero-order valence-electron chi connectivity index (χ0n) is 11.9. The third kappa shape index (κ3) is 4.47. The van der Waals surface area contributed by atoms with Crippen LogP contribution in [0, 0.1) is 17.6 Å². The lowest BCUT2D eigenvalue weighted by Crippen LogP contribution is -2.43. The molecule has 4 nitrogen and oxygen atoms in total. The number of piperidine rings is 1. The predicted molar refractivity (Wildman–Crippen MR) is 76.4 cm³/mol. The molecule has 0 bridgehead atoms. The molecule has 6 heteroatoms. The number of nitrogens with two attached hydrogens (primary N) is 1. The predicted octanol–water partition coefficient (Wildman–Crippen LogP) is 1.25. The van der Waals surface area contributed by atoms with E-state index < -0.39 is 11.6 Å². The normalized spacial score (nSPS) is 19.5. The van der Waals surface area contributed by atoms with Crippen molar-refractivity contribution in [1.82, 2.24) is 10.2 Å². The second-order valence-electron chi connectivity index (χ2n) is 5.39. The van der Waals surface area contributed by atoms with Crippen LogP contribution < -0.4 is 11.1 Å². The van der Waals surface area contributed by atoms with Gasteiger partial charge in [0, 0.05) is 37.8 Å². The summed E-state index contributed by atoms with van der Waals surface area (Å²) in [5.74, 6) is -1.20. The molecule has 0 aromatic heterocycles. The lowest BCUT2D eigenvalue weighted by atomic mass is 9.96. The number of benzene rings is 1. The summed E-state index contributed by atoms with van der Waals surface area (Å²) in [5.41, 5.74) is 5.83. The molecule has 1 aromatic carbocycles. The first-order valence-corrected chi connectivity index (χ1v) is 7.24. The van der Waals surface area contributed by atoms with Crippen LogP contribution in [0.5, 0.6) is 0 Å². The highest BCUT2D eigenvalue weighted by Gasteiger charge is 2.25. The quantitative estimate of drug-likeness (QED) is 0.860. The number of likely N-dealkylation sites (tertiary alicyclic amines) is 1. The fourth-order valence-corrected chi connectivity index (χ4v) is 2.64. The fraction of sp³-hybridized carbons (Fsp3) is 0.533. The van der Waals surface area contributed by atoms with Crippen LogP contribution in [0.2, 0.25) is 0 Å². The molecule has 1 aliphatic heterocycles. The van der Waals surface area contributed by atoms with Gasteiger partial charge >= 0.3 is 0 Å². The van der Waals surface area contributed by atoms with Crippen molar-refractivity contribution in [3.8, 4) is 0 Å². The minimum Gasteiger partial charge on any atom is -0.355 e. The monoisotopic (exact) mass is 297 g/mol. The van der Waals surface area contributed by atoms with Gasteiger partial charge in [-0.3, -0.25) is 9.69 Å². The van der Waals surface area contributed by atoms with Crippen molar-refractivity contribution in [2.45, 2.75) is 19.4 Å². The molecule has 3 N–H and O–H groups in total. The van der Waals surface area contributed by atoms with Crippen LogP contribution in [-0.4, -0.2) is 37.0 Å². The molecule has 0 radical (unpaired) electrons. The maximum Gasteiger partial charge on any atom is 0.224 e. The van der Waals surface area contributed by atoms with Crippen molar-refractivity contribution < 1.29 is 13.6 Å². The molecular formula is C15H21F2N3O. The molecule has 1 amide bonds. The third-order valence-electron chi connectivity index (χ3n) is 3.73. The minimum absolute atomic E-state index is 0.00438. The molecule has 1 aromatic rings. The van der Waals surface area contributed by atoms with Gasteiger partial charge in [-0.1, -0.05) is 6.07 Å². The Kier molecular flexibility index (Phi) is 5.64. The van der Waals surface area contributed by atoms with Crippen LogP contribution in [0.1, 0.15) is 18.4 Å². The highest BCUT2D eigenvalue weighted by atomic mass is 19.1. The number of halogens is 2. The first kappa shape index (κ1) is 15.9. The lowest BCUT2D eigenvalue weighted by Gasteiger charge is -2.32. The van der Waals surface area contributed by atoms with Gasteiger partial charge in [-0.25, -0.2) is 8.78 Å². The molecule has 1 heterocycles. The molecule has 2 rings (SSSR count). The van der Waals surface area contributed by atoms with Crippen molar-refractivity contribution in [2.75, 3.05) is 26.2 Å². The topological polar surface area (TPSA) is 58.4 Å². The Labute approximate surface area is 123 Å². The summed E-state index contributed by atoms with van der Waals surface area (Å²) < 4.78 is 26.6. The molecular weight excluding hydrogens is 276 g/mol. The van der Waals surface area contributed by atoms with Gasteiger partial charge in [-0.2, -0.15) is 0 Å². The number of carbonyl (C=O) groups excluding carboxylic acids is 1. The molecule has 116 valence electrons. The second-order valence-corrected chi connectivity index (χ2v) is 5.39. The summed E-state index contributed by atoms with van der Waals surface area (Å²) >= 11 is 0. The summed E-state index contributed by atoms with van der Waals surface area (Å²) in [6.07, 6.45) is 1.72. The average Bonchev–Trinajstić information content (AvgIpc) is 2.48. The Morgan fingerprint density at radius 2 is 2.24 bits per heavy atom.